The van der Waals surface area contributed by atoms with Crippen molar-refractivity contribution < 1.29 is 14.4 Å². The van der Waals surface area contributed by atoms with E-state index in [2.05, 4.69) is 10.9 Å². The Kier molecular flexibility index (Phi) is 4.10. The summed E-state index contributed by atoms with van der Waals surface area (Å²) in [5, 5.41) is 0. The average Bonchev–Trinajstić information content (AvgIpc) is 2.96. The highest BCUT2D eigenvalue weighted by molar-refractivity contribution is 6.13. The predicted octanol–water partition coefficient (Wildman–Crippen LogP) is 2.62. The van der Waals surface area contributed by atoms with Crippen LogP contribution in [0.5, 0.6) is 0 Å². The fraction of sp³-hybridized carbons (Fsp3) is 0.318. The topological polar surface area (TPSA) is 75.3 Å². The number of Topliss-reactive ketones (excluding diaryl/α,β-unsaturated/α-hetero) is 1. The average molecular weight is 362 g/mol. The first-order chi connectivity index (χ1) is 13.0. The molecule has 0 aromatic heterocycles. The second-order valence-corrected chi connectivity index (χ2v) is 7.59. The molecule has 0 bridgehead atoms. The quantitative estimate of drug-likeness (QED) is 0.807. The largest absolute Gasteiger partial charge is 0.299 e. The number of hydrazine groups is 1. The van der Waals surface area contributed by atoms with Crippen molar-refractivity contribution >= 4 is 17.6 Å². The van der Waals surface area contributed by atoms with Crippen molar-refractivity contribution in [3.8, 4) is 0 Å². The molecular formula is C22H22N2O3. The van der Waals surface area contributed by atoms with Gasteiger partial charge in [-0.15, -0.1) is 0 Å². The minimum Gasteiger partial charge on any atom is -0.299 e. The van der Waals surface area contributed by atoms with Crippen LogP contribution < -0.4 is 10.9 Å². The molecule has 1 saturated heterocycles. The Morgan fingerprint density at radius 1 is 0.852 bits per heavy atom. The van der Waals surface area contributed by atoms with Gasteiger partial charge in [-0.3, -0.25) is 25.2 Å². The van der Waals surface area contributed by atoms with Crippen molar-refractivity contribution in [2.75, 3.05) is 0 Å². The summed E-state index contributed by atoms with van der Waals surface area (Å²) in [6.07, 6.45) is 0.175. The van der Waals surface area contributed by atoms with Crippen LogP contribution in [0.15, 0.2) is 54.6 Å². The van der Waals surface area contributed by atoms with Gasteiger partial charge in [-0.25, -0.2) is 0 Å². The molecule has 27 heavy (non-hydrogen) atoms. The molecule has 1 spiro atoms. The minimum atomic E-state index is -1.34. The molecule has 2 aliphatic rings. The Morgan fingerprint density at radius 2 is 1.44 bits per heavy atom. The van der Waals surface area contributed by atoms with Gasteiger partial charge in [0.05, 0.1) is 0 Å². The lowest BCUT2D eigenvalue weighted by Gasteiger charge is -2.46. The molecule has 1 aliphatic carbocycles. The van der Waals surface area contributed by atoms with Gasteiger partial charge in [0.15, 0.2) is 0 Å². The van der Waals surface area contributed by atoms with Crippen LogP contribution in [0.1, 0.15) is 41.9 Å². The highest BCUT2D eigenvalue weighted by Gasteiger charge is 2.65. The van der Waals surface area contributed by atoms with E-state index >= 15 is 0 Å². The number of aryl methyl sites for hydroxylation is 1. The van der Waals surface area contributed by atoms with Crippen LogP contribution in [0.3, 0.4) is 0 Å². The molecule has 5 nitrogen and oxygen atoms in total. The Balaban J connectivity index is 1.96. The molecule has 138 valence electrons. The maximum atomic E-state index is 13.1. The van der Waals surface area contributed by atoms with Crippen molar-refractivity contribution in [2.45, 2.75) is 32.1 Å². The zero-order chi connectivity index (χ0) is 19.2. The molecule has 1 heterocycles. The monoisotopic (exact) mass is 362 g/mol. The van der Waals surface area contributed by atoms with E-state index in [1.165, 1.54) is 0 Å². The molecule has 3 unspecified atom stereocenters. The first-order valence-corrected chi connectivity index (χ1v) is 9.21. The molecule has 2 N–H and O–H groups in total. The fourth-order valence-electron chi connectivity index (χ4n) is 4.76. The first-order valence-electron chi connectivity index (χ1n) is 9.21. The molecular weight excluding hydrogens is 340 g/mol. The minimum absolute atomic E-state index is 0.0764. The third kappa shape index (κ3) is 2.49. The van der Waals surface area contributed by atoms with Gasteiger partial charge < -0.3 is 0 Å². The number of rotatable bonds is 2. The first kappa shape index (κ1) is 17.5. The van der Waals surface area contributed by atoms with E-state index in [0.717, 1.165) is 16.7 Å². The molecule has 0 radical (unpaired) electrons. The molecule has 1 aliphatic heterocycles. The Labute approximate surface area is 158 Å². The van der Waals surface area contributed by atoms with Crippen LogP contribution in [0.2, 0.25) is 0 Å². The van der Waals surface area contributed by atoms with Gasteiger partial charge >= 0.3 is 0 Å². The number of hydrogen-bond acceptors (Lipinski definition) is 3. The molecule has 1 saturated carbocycles. The number of carbonyl (C=O) groups excluding carboxylic acids is 3. The molecule has 5 heteroatoms. The number of nitrogens with one attached hydrogen (secondary N) is 2. The predicted molar refractivity (Wildman–Crippen MR) is 101 cm³/mol. The van der Waals surface area contributed by atoms with Crippen LogP contribution in [0.25, 0.3) is 0 Å². The lowest BCUT2D eigenvalue weighted by Crippen LogP contribution is -2.54. The molecule has 4 rings (SSSR count). The number of ketones is 1. The Morgan fingerprint density at radius 3 is 2.04 bits per heavy atom. The zero-order valence-corrected chi connectivity index (χ0v) is 15.4. The van der Waals surface area contributed by atoms with E-state index in [-0.39, 0.29) is 24.0 Å². The third-order valence-corrected chi connectivity index (χ3v) is 6.13. The van der Waals surface area contributed by atoms with Crippen LogP contribution in [-0.2, 0) is 14.4 Å². The van der Waals surface area contributed by atoms with E-state index in [1.807, 2.05) is 68.4 Å². The summed E-state index contributed by atoms with van der Waals surface area (Å²) in [5.74, 6) is -2.09. The molecule has 2 aromatic carbocycles. The number of carbonyl (C=O) groups is 3. The van der Waals surface area contributed by atoms with Crippen LogP contribution >= 0.6 is 0 Å². The SMILES string of the molecule is Cc1ccc(C2CC(=O)C(C)C(c3ccccc3)C23C(=O)NNC3=O)cc1. The molecule has 2 aromatic rings. The van der Waals surface area contributed by atoms with Gasteiger partial charge in [0.1, 0.15) is 11.2 Å². The smallest absolute Gasteiger partial charge is 0.255 e. The van der Waals surface area contributed by atoms with E-state index in [1.54, 1.807) is 0 Å². The van der Waals surface area contributed by atoms with Gasteiger partial charge in [-0.05, 0) is 18.1 Å². The van der Waals surface area contributed by atoms with Gasteiger partial charge in [0, 0.05) is 24.2 Å². The summed E-state index contributed by atoms with van der Waals surface area (Å²) in [6.45, 7) is 3.81. The second kappa shape index (κ2) is 6.34. The lowest BCUT2D eigenvalue weighted by molar-refractivity contribution is -0.146. The van der Waals surface area contributed by atoms with Crippen molar-refractivity contribution in [2.24, 2.45) is 11.3 Å². The zero-order valence-electron chi connectivity index (χ0n) is 15.4. The summed E-state index contributed by atoms with van der Waals surface area (Å²) < 4.78 is 0. The Bertz CT molecular complexity index is 889. The van der Waals surface area contributed by atoms with E-state index in [4.69, 9.17) is 0 Å². The summed E-state index contributed by atoms with van der Waals surface area (Å²) in [6, 6.07) is 17.2. The summed E-state index contributed by atoms with van der Waals surface area (Å²) in [7, 11) is 0. The van der Waals surface area contributed by atoms with Gasteiger partial charge in [-0.1, -0.05) is 67.1 Å². The highest BCUT2D eigenvalue weighted by Crippen LogP contribution is 2.57. The van der Waals surface area contributed by atoms with E-state index in [0.29, 0.717) is 0 Å². The molecule has 3 atom stereocenters. The standard InChI is InChI=1S/C22H22N2O3/c1-13-8-10-15(11-9-13)17-12-18(25)14(2)19(16-6-4-3-5-7-16)22(17)20(26)23-24-21(22)27/h3-11,14,17,19H,12H2,1-2H3,(H,23,26)(H,24,27). The Hall–Kier alpha value is -2.95. The highest BCUT2D eigenvalue weighted by atomic mass is 16.2. The van der Waals surface area contributed by atoms with Gasteiger partial charge in [0.2, 0.25) is 0 Å². The maximum Gasteiger partial charge on any atom is 0.255 e. The van der Waals surface area contributed by atoms with Crippen LogP contribution in [0, 0.1) is 18.3 Å². The molecule has 2 amide bonds. The lowest BCUT2D eigenvalue weighted by atomic mass is 9.52. The second-order valence-electron chi connectivity index (χ2n) is 7.59. The number of amides is 2. The van der Waals surface area contributed by atoms with E-state index < -0.39 is 23.2 Å². The number of benzene rings is 2. The van der Waals surface area contributed by atoms with Crippen LogP contribution in [0.4, 0.5) is 0 Å². The van der Waals surface area contributed by atoms with Crippen molar-refractivity contribution in [3.05, 3.63) is 71.3 Å². The van der Waals surface area contributed by atoms with E-state index in [9.17, 15) is 14.4 Å². The van der Waals surface area contributed by atoms with Crippen LogP contribution in [-0.4, -0.2) is 17.6 Å². The van der Waals surface area contributed by atoms with Gasteiger partial charge in [-0.2, -0.15) is 0 Å². The third-order valence-electron chi connectivity index (χ3n) is 6.13. The van der Waals surface area contributed by atoms with Crippen molar-refractivity contribution in [1.29, 1.82) is 0 Å². The summed E-state index contributed by atoms with van der Waals surface area (Å²) >= 11 is 0. The maximum absolute atomic E-state index is 13.1. The fourth-order valence-corrected chi connectivity index (χ4v) is 4.76. The van der Waals surface area contributed by atoms with Crippen molar-refractivity contribution in [1.82, 2.24) is 10.9 Å². The number of hydrogen-bond donors (Lipinski definition) is 2. The molecule has 2 fully saturated rings. The summed E-state index contributed by atoms with van der Waals surface area (Å²) in [4.78, 5) is 39.2. The van der Waals surface area contributed by atoms with Gasteiger partial charge in [0.25, 0.3) is 11.8 Å². The normalized spacial score (nSPS) is 26.7. The summed E-state index contributed by atoms with van der Waals surface area (Å²) in [5.41, 5.74) is 6.47. The van der Waals surface area contributed by atoms with Crippen molar-refractivity contribution in [3.63, 3.8) is 0 Å².